The van der Waals surface area contributed by atoms with Gasteiger partial charge in [-0.2, -0.15) is 0 Å². The SMILES string of the molecule is COCCCSc1nc(C(C)C)nc(N)c1C. The first-order valence-corrected chi connectivity index (χ1v) is 6.80. The Morgan fingerprint density at radius 2 is 2.06 bits per heavy atom. The highest BCUT2D eigenvalue weighted by Crippen LogP contribution is 2.25. The third-order valence-electron chi connectivity index (χ3n) is 2.40. The summed E-state index contributed by atoms with van der Waals surface area (Å²) in [6, 6.07) is 0. The Bertz CT molecular complexity index is 369. The van der Waals surface area contributed by atoms with Gasteiger partial charge in [0.1, 0.15) is 16.7 Å². The summed E-state index contributed by atoms with van der Waals surface area (Å²) in [6.07, 6.45) is 1.02. The molecule has 5 heteroatoms. The summed E-state index contributed by atoms with van der Waals surface area (Å²) >= 11 is 1.72. The molecule has 2 N–H and O–H groups in total. The van der Waals surface area contributed by atoms with Gasteiger partial charge in [0.2, 0.25) is 0 Å². The Kier molecular flexibility index (Phi) is 5.71. The fourth-order valence-electron chi connectivity index (χ4n) is 1.30. The highest BCUT2D eigenvalue weighted by molar-refractivity contribution is 7.99. The van der Waals surface area contributed by atoms with E-state index in [-0.39, 0.29) is 0 Å². The lowest BCUT2D eigenvalue weighted by Crippen LogP contribution is -2.06. The molecule has 1 aromatic heterocycles. The molecule has 0 spiro atoms. The van der Waals surface area contributed by atoms with E-state index in [0.29, 0.717) is 11.7 Å². The second-order valence-electron chi connectivity index (χ2n) is 4.25. The standard InChI is InChI=1S/C12H21N3OS/c1-8(2)11-14-10(13)9(3)12(15-11)17-7-5-6-16-4/h8H,5-7H2,1-4H3,(H2,13,14,15). The molecule has 4 nitrogen and oxygen atoms in total. The zero-order chi connectivity index (χ0) is 12.8. The smallest absolute Gasteiger partial charge is 0.134 e. The van der Waals surface area contributed by atoms with Crippen molar-refractivity contribution in [1.82, 2.24) is 9.97 Å². The minimum Gasteiger partial charge on any atom is -0.385 e. The molecule has 0 fully saturated rings. The summed E-state index contributed by atoms with van der Waals surface area (Å²) in [4.78, 5) is 8.87. The number of anilines is 1. The molecule has 17 heavy (non-hydrogen) atoms. The van der Waals surface area contributed by atoms with Crippen molar-refractivity contribution in [1.29, 1.82) is 0 Å². The third-order valence-corrected chi connectivity index (χ3v) is 3.57. The van der Waals surface area contributed by atoms with Gasteiger partial charge in [0.15, 0.2) is 0 Å². The largest absolute Gasteiger partial charge is 0.385 e. The number of thioether (sulfide) groups is 1. The van der Waals surface area contributed by atoms with E-state index in [9.17, 15) is 0 Å². The van der Waals surface area contributed by atoms with E-state index in [2.05, 4.69) is 23.8 Å². The van der Waals surface area contributed by atoms with Gasteiger partial charge in [-0.05, 0) is 13.3 Å². The average molecular weight is 255 g/mol. The van der Waals surface area contributed by atoms with Crippen LogP contribution in [0.5, 0.6) is 0 Å². The summed E-state index contributed by atoms with van der Waals surface area (Å²) in [5.41, 5.74) is 6.88. The number of rotatable bonds is 6. The Balaban J connectivity index is 2.75. The highest BCUT2D eigenvalue weighted by atomic mass is 32.2. The zero-order valence-electron chi connectivity index (χ0n) is 11.0. The van der Waals surface area contributed by atoms with E-state index < -0.39 is 0 Å². The van der Waals surface area contributed by atoms with Crippen LogP contribution in [0.4, 0.5) is 5.82 Å². The van der Waals surface area contributed by atoms with Crippen molar-refractivity contribution in [2.75, 3.05) is 25.2 Å². The molecule has 96 valence electrons. The molecule has 0 saturated carbocycles. The summed E-state index contributed by atoms with van der Waals surface area (Å²) in [5.74, 6) is 2.71. The lowest BCUT2D eigenvalue weighted by molar-refractivity contribution is 0.200. The van der Waals surface area contributed by atoms with E-state index in [0.717, 1.165) is 35.2 Å². The quantitative estimate of drug-likeness (QED) is 0.481. The van der Waals surface area contributed by atoms with Gasteiger partial charge in [-0.25, -0.2) is 9.97 Å². The maximum atomic E-state index is 5.90. The summed E-state index contributed by atoms with van der Waals surface area (Å²) in [6.45, 7) is 6.90. The maximum Gasteiger partial charge on any atom is 0.134 e. The molecule has 0 aliphatic heterocycles. The second kappa shape index (κ2) is 6.81. The van der Waals surface area contributed by atoms with E-state index in [4.69, 9.17) is 10.5 Å². The van der Waals surface area contributed by atoms with Crippen LogP contribution in [0.1, 0.15) is 37.6 Å². The van der Waals surface area contributed by atoms with Crippen LogP contribution >= 0.6 is 11.8 Å². The lowest BCUT2D eigenvalue weighted by Gasteiger charge is -2.11. The summed E-state index contributed by atoms with van der Waals surface area (Å²) < 4.78 is 5.02. The van der Waals surface area contributed by atoms with Gasteiger partial charge in [0, 0.05) is 31.0 Å². The van der Waals surface area contributed by atoms with Crippen molar-refractivity contribution in [2.24, 2.45) is 0 Å². The fourth-order valence-corrected chi connectivity index (χ4v) is 2.24. The number of hydrogen-bond donors (Lipinski definition) is 1. The molecular formula is C12H21N3OS. The normalized spacial score (nSPS) is 11.1. The first-order chi connectivity index (χ1) is 8.06. The molecular weight excluding hydrogens is 234 g/mol. The molecule has 1 rings (SSSR count). The molecule has 0 saturated heterocycles. The predicted molar refractivity (Wildman–Crippen MR) is 72.5 cm³/mol. The van der Waals surface area contributed by atoms with Crippen LogP contribution in [0.2, 0.25) is 0 Å². The van der Waals surface area contributed by atoms with Crippen LogP contribution in [0.25, 0.3) is 0 Å². The predicted octanol–water partition coefficient (Wildman–Crippen LogP) is 2.62. The van der Waals surface area contributed by atoms with Crippen LogP contribution in [0, 0.1) is 6.92 Å². The van der Waals surface area contributed by atoms with Gasteiger partial charge in [-0.15, -0.1) is 11.8 Å². The minimum atomic E-state index is 0.302. The van der Waals surface area contributed by atoms with Gasteiger partial charge in [0.05, 0.1) is 0 Å². The van der Waals surface area contributed by atoms with Crippen LogP contribution in [-0.2, 0) is 4.74 Å². The van der Waals surface area contributed by atoms with Crippen molar-refractivity contribution >= 4 is 17.6 Å². The monoisotopic (exact) mass is 255 g/mol. The number of nitrogens with two attached hydrogens (primary N) is 1. The number of nitrogen functional groups attached to an aromatic ring is 1. The van der Waals surface area contributed by atoms with Crippen molar-refractivity contribution in [3.8, 4) is 0 Å². The number of methoxy groups -OCH3 is 1. The van der Waals surface area contributed by atoms with Crippen LogP contribution in [0.15, 0.2) is 5.03 Å². The van der Waals surface area contributed by atoms with Gasteiger partial charge in [0.25, 0.3) is 0 Å². The molecule has 1 heterocycles. The summed E-state index contributed by atoms with van der Waals surface area (Å²) in [5, 5.41) is 0.998. The first-order valence-electron chi connectivity index (χ1n) is 5.82. The second-order valence-corrected chi connectivity index (χ2v) is 5.33. The first kappa shape index (κ1) is 14.3. The van der Waals surface area contributed by atoms with Crippen LogP contribution in [0.3, 0.4) is 0 Å². The highest BCUT2D eigenvalue weighted by Gasteiger charge is 2.11. The number of ether oxygens (including phenoxy) is 1. The van der Waals surface area contributed by atoms with Crippen molar-refractivity contribution in [3.05, 3.63) is 11.4 Å². The van der Waals surface area contributed by atoms with E-state index in [1.54, 1.807) is 18.9 Å². The Labute approximate surface area is 107 Å². The lowest BCUT2D eigenvalue weighted by atomic mass is 10.2. The number of nitrogens with zero attached hydrogens (tertiary/aromatic N) is 2. The van der Waals surface area contributed by atoms with Crippen LogP contribution in [-0.4, -0.2) is 29.4 Å². The average Bonchev–Trinajstić information content (AvgIpc) is 2.29. The molecule has 0 aliphatic carbocycles. The van der Waals surface area contributed by atoms with Gasteiger partial charge in [-0.1, -0.05) is 13.8 Å². The van der Waals surface area contributed by atoms with Crippen LogP contribution < -0.4 is 5.73 Å². The molecule has 0 aromatic carbocycles. The van der Waals surface area contributed by atoms with Crippen molar-refractivity contribution in [2.45, 2.75) is 38.1 Å². The Morgan fingerprint density at radius 1 is 1.35 bits per heavy atom. The molecule has 0 bridgehead atoms. The van der Waals surface area contributed by atoms with E-state index in [1.807, 2.05) is 6.92 Å². The fraction of sp³-hybridized carbons (Fsp3) is 0.667. The minimum absolute atomic E-state index is 0.302. The third kappa shape index (κ3) is 4.16. The summed E-state index contributed by atoms with van der Waals surface area (Å²) in [7, 11) is 1.72. The van der Waals surface area contributed by atoms with Gasteiger partial charge in [-0.3, -0.25) is 0 Å². The maximum absolute atomic E-state index is 5.90. The molecule has 0 aliphatic rings. The zero-order valence-corrected chi connectivity index (χ0v) is 11.8. The van der Waals surface area contributed by atoms with Gasteiger partial charge >= 0.3 is 0 Å². The Morgan fingerprint density at radius 3 is 2.65 bits per heavy atom. The molecule has 0 amide bonds. The van der Waals surface area contributed by atoms with Crippen molar-refractivity contribution in [3.63, 3.8) is 0 Å². The molecule has 0 radical (unpaired) electrons. The number of aromatic nitrogens is 2. The molecule has 0 atom stereocenters. The van der Waals surface area contributed by atoms with E-state index in [1.165, 1.54) is 0 Å². The Hall–Kier alpha value is -0.810. The molecule has 0 unspecified atom stereocenters. The van der Waals surface area contributed by atoms with E-state index >= 15 is 0 Å². The van der Waals surface area contributed by atoms with Crippen molar-refractivity contribution < 1.29 is 4.74 Å². The topological polar surface area (TPSA) is 61.0 Å². The number of hydrogen-bond acceptors (Lipinski definition) is 5. The van der Waals surface area contributed by atoms with Gasteiger partial charge < -0.3 is 10.5 Å². The molecule has 1 aromatic rings.